The highest BCUT2D eigenvalue weighted by atomic mass is 16.5. The van der Waals surface area contributed by atoms with Crippen molar-refractivity contribution in [3.8, 4) is 0 Å². The molecule has 1 aromatic carbocycles. The molecule has 1 aliphatic carbocycles. The summed E-state index contributed by atoms with van der Waals surface area (Å²) in [4.78, 5) is 16.7. The van der Waals surface area contributed by atoms with E-state index in [0.717, 1.165) is 31.2 Å². The van der Waals surface area contributed by atoms with E-state index < -0.39 is 17.6 Å². The lowest BCUT2D eigenvalue weighted by atomic mass is 9.73. The molecule has 8 nitrogen and oxygen atoms in total. The summed E-state index contributed by atoms with van der Waals surface area (Å²) in [6.45, 7) is 0.336. The van der Waals surface area contributed by atoms with Gasteiger partial charge in [-0.25, -0.2) is 4.98 Å². The molecule has 2 heterocycles. The van der Waals surface area contributed by atoms with Crippen LogP contribution in [0, 0.1) is 5.92 Å². The number of carbonyl (C=O) groups is 1. The number of rotatable bonds is 8. The molecule has 2 aromatic heterocycles. The van der Waals surface area contributed by atoms with Gasteiger partial charge in [0.1, 0.15) is 12.8 Å². The molecule has 0 spiro atoms. The van der Waals surface area contributed by atoms with Crippen molar-refractivity contribution < 1.29 is 23.3 Å². The van der Waals surface area contributed by atoms with Gasteiger partial charge in [-0.2, -0.15) is 0 Å². The van der Waals surface area contributed by atoms with Gasteiger partial charge < -0.3 is 24.3 Å². The normalized spacial score (nSPS) is 18.2. The smallest absolute Gasteiger partial charge is 0.282 e. The molecule has 1 aliphatic rings. The van der Waals surface area contributed by atoms with Crippen molar-refractivity contribution in [3.05, 3.63) is 71.8 Å². The average molecular weight is 440 g/mol. The molecule has 1 fully saturated rings. The lowest BCUT2D eigenvalue weighted by Crippen LogP contribution is -2.48. The summed E-state index contributed by atoms with van der Waals surface area (Å²) >= 11 is 0. The van der Waals surface area contributed by atoms with E-state index in [1.54, 1.807) is 12.3 Å². The number of nitrogens with zero attached hydrogens (tertiary/aromatic N) is 3. The third kappa shape index (κ3) is 4.20. The van der Waals surface area contributed by atoms with E-state index in [1.165, 1.54) is 12.7 Å². The van der Waals surface area contributed by atoms with E-state index in [9.17, 15) is 9.90 Å². The number of primary amides is 1. The zero-order valence-electron chi connectivity index (χ0n) is 18.6. The molecule has 0 saturated heterocycles. The Labute approximate surface area is 187 Å². The first-order chi connectivity index (χ1) is 15.3. The van der Waals surface area contributed by atoms with E-state index in [-0.39, 0.29) is 10.4 Å². The van der Waals surface area contributed by atoms with Crippen LogP contribution in [0.2, 0.25) is 0 Å². The van der Waals surface area contributed by atoms with Crippen molar-refractivity contribution >= 4 is 5.91 Å². The fourth-order valence-corrected chi connectivity index (χ4v) is 5.01. The Hall–Kier alpha value is -2.97. The second-order valence-corrected chi connectivity index (χ2v) is 9.27. The van der Waals surface area contributed by atoms with Crippen LogP contribution in [0.25, 0.3) is 0 Å². The maximum absolute atomic E-state index is 12.2. The van der Waals surface area contributed by atoms with Gasteiger partial charge in [0.2, 0.25) is 11.9 Å². The molecular formula is C24H31N4O4+. The molecule has 1 saturated carbocycles. The number of hydrogen-bond donors (Lipinski definition) is 2. The van der Waals surface area contributed by atoms with Crippen LogP contribution >= 0.6 is 0 Å². The van der Waals surface area contributed by atoms with Gasteiger partial charge in [0, 0.05) is 12.0 Å². The fourth-order valence-electron chi connectivity index (χ4n) is 5.01. The van der Waals surface area contributed by atoms with Crippen LogP contribution in [0.1, 0.15) is 61.1 Å². The highest BCUT2D eigenvalue weighted by Gasteiger charge is 2.45. The first kappa shape index (κ1) is 22.2. The van der Waals surface area contributed by atoms with Crippen LogP contribution in [0.3, 0.4) is 0 Å². The number of aromatic nitrogens is 2. The second-order valence-electron chi connectivity index (χ2n) is 9.27. The maximum Gasteiger partial charge on any atom is 0.282 e. The van der Waals surface area contributed by atoms with E-state index in [1.807, 2.05) is 44.4 Å². The van der Waals surface area contributed by atoms with Crippen molar-refractivity contribution in [1.29, 1.82) is 0 Å². The first-order valence-corrected chi connectivity index (χ1v) is 11.1. The van der Waals surface area contributed by atoms with Crippen LogP contribution in [0.15, 0.2) is 57.8 Å². The SMILES string of the molecule is C[N+](C)(Cc1cnc([C@](O)(c2ccccc2)C2CCCCC2)o1)C(C(N)=O)c1ccon1. The minimum Gasteiger partial charge on any atom is -0.436 e. The molecule has 0 aliphatic heterocycles. The van der Waals surface area contributed by atoms with Crippen molar-refractivity contribution in [2.24, 2.45) is 11.7 Å². The molecule has 1 unspecified atom stereocenters. The highest BCUT2D eigenvalue weighted by Crippen LogP contribution is 2.43. The van der Waals surface area contributed by atoms with Gasteiger partial charge in [-0.05, 0) is 18.4 Å². The van der Waals surface area contributed by atoms with Gasteiger partial charge >= 0.3 is 0 Å². The largest absolute Gasteiger partial charge is 0.436 e. The summed E-state index contributed by atoms with van der Waals surface area (Å²) in [6, 6.07) is 10.5. The van der Waals surface area contributed by atoms with Gasteiger partial charge in [0.05, 0.1) is 20.3 Å². The standard InChI is InChI=1S/C24H30N4O4/c1-28(2,21(22(25)29)20-13-14-31-27-20)16-19-15-26-23(32-19)24(30,17-9-5-3-6-10-17)18-11-7-4-8-12-18/h3,5-6,9-10,13-15,18,21,30H,4,7-8,11-12,16H2,1-2H3,(H-,25,29)/p+1/t21?,24-/m0/s1. The number of amides is 1. The average Bonchev–Trinajstić information content (AvgIpc) is 3.46. The second kappa shape index (κ2) is 8.88. The summed E-state index contributed by atoms with van der Waals surface area (Å²) in [5.74, 6) is 0.375. The van der Waals surface area contributed by atoms with Crippen LogP contribution in [0.5, 0.6) is 0 Å². The third-order valence-corrected chi connectivity index (χ3v) is 6.56. The monoisotopic (exact) mass is 439 g/mol. The topological polar surface area (TPSA) is 115 Å². The van der Waals surface area contributed by atoms with Crippen LogP contribution in [0.4, 0.5) is 0 Å². The minimum absolute atomic E-state index is 0.0288. The van der Waals surface area contributed by atoms with Crippen LogP contribution in [-0.4, -0.2) is 39.7 Å². The van der Waals surface area contributed by atoms with E-state index in [4.69, 9.17) is 14.7 Å². The molecular weight excluding hydrogens is 408 g/mol. The van der Waals surface area contributed by atoms with E-state index in [0.29, 0.717) is 23.9 Å². The molecule has 0 bridgehead atoms. The third-order valence-electron chi connectivity index (χ3n) is 6.56. The lowest BCUT2D eigenvalue weighted by molar-refractivity contribution is -0.925. The highest BCUT2D eigenvalue weighted by molar-refractivity contribution is 5.79. The predicted octanol–water partition coefficient (Wildman–Crippen LogP) is 3.28. The van der Waals surface area contributed by atoms with Gasteiger partial charge in [-0.1, -0.05) is 54.8 Å². The predicted molar refractivity (Wildman–Crippen MR) is 117 cm³/mol. The van der Waals surface area contributed by atoms with Crippen molar-refractivity contribution in [1.82, 2.24) is 10.1 Å². The molecule has 1 amide bonds. The number of quaternary nitrogens is 1. The van der Waals surface area contributed by atoms with Gasteiger partial charge in [-0.3, -0.25) is 4.79 Å². The maximum atomic E-state index is 12.2. The zero-order valence-corrected chi connectivity index (χ0v) is 18.6. The Kier molecular flexibility index (Phi) is 6.17. The first-order valence-electron chi connectivity index (χ1n) is 11.1. The molecule has 32 heavy (non-hydrogen) atoms. The van der Waals surface area contributed by atoms with Crippen molar-refractivity contribution in [3.63, 3.8) is 0 Å². The summed E-state index contributed by atoms with van der Waals surface area (Å²) in [5.41, 5.74) is 5.64. The van der Waals surface area contributed by atoms with Crippen LogP contribution in [-0.2, 0) is 16.9 Å². The minimum atomic E-state index is -1.30. The van der Waals surface area contributed by atoms with E-state index >= 15 is 0 Å². The van der Waals surface area contributed by atoms with Crippen molar-refractivity contribution in [2.45, 2.75) is 50.3 Å². The van der Waals surface area contributed by atoms with E-state index in [2.05, 4.69) is 10.1 Å². The van der Waals surface area contributed by atoms with Gasteiger partial charge in [0.15, 0.2) is 17.1 Å². The van der Waals surface area contributed by atoms with Crippen molar-refractivity contribution in [2.75, 3.05) is 14.1 Å². The Bertz CT molecular complexity index is 1030. The van der Waals surface area contributed by atoms with Crippen LogP contribution < -0.4 is 5.73 Å². The molecule has 170 valence electrons. The summed E-state index contributed by atoms with van der Waals surface area (Å²) in [6.07, 6.45) is 8.22. The molecule has 2 atom stereocenters. The summed E-state index contributed by atoms with van der Waals surface area (Å²) < 4.78 is 11.3. The Morgan fingerprint density at radius 3 is 2.56 bits per heavy atom. The lowest BCUT2D eigenvalue weighted by Gasteiger charge is -2.36. The quantitative estimate of drug-likeness (QED) is 0.521. The summed E-state index contributed by atoms with van der Waals surface area (Å²) in [5, 5.41) is 15.9. The number of hydrogen-bond acceptors (Lipinski definition) is 6. The number of benzene rings is 1. The molecule has 4 rings (SSSR count). The summed E-state index contributed by atoms with van der Waals surface area (Å²) in [7, 11) is 3.74. The molecule has 0 radical (unpaired) electrons. The Morgan fingerprint density at radius 2 is 1.94 bits per heavy atom. The Balaban J connectivity index is 1.65. The number of aliphatic hydroxyl groups is 1. The fraction of sp³-hybridized carbons (Fsp3) is 0.458. The Morgan fingerprint density at radius 1 is 1.22 bits per heavy atom. The number of likely N-dealkylation sites (N-methyl/N-ethyl adjacent to an activating group) is 1. The number of carbonyl (C=O) groups excluding carboxylic acids is 1. The number of nitrogens with two attached hydrogens (primary N) is 1. The van der Waals surface area contributed by atoms with Gasteiger partial charge in [0.25, 0.3) is 5.91 Å². The molecule has 3 N–H and O–H groups in total. The zero-order chi connectivity index (χ0) is 22.8. The molecule has 3 aromatic rings. The molecule has 8 heteroatoms. The number of oxazole rings is 1. The van der Waals surface area contributed by atoms with Gasteiger partial charge in [-0.15, -0.1) is 0 Å².